The average molecular weight is 143 g/mol. The minimum absolute atomic E-state index is 0.510. The summed E-state index contributed by atoms with van der Waals surface area (Å²) in [4.78, 5) is 4.12. The molecule has 0 fully saturated rings. The van der Waals surface area contributed by atoms with E-state index in [-0.39, 0.29) is 0 Å². The van der Waals surface area contributed by atoms with Crippen LogP contribution in [0.4, 0.5) is 5.69 Å². The van der Waals surface area contributed by atoms with E-state index in [1.807, 2.05) is 18.2 Å². The first-order valence-electron chi connectivity index (χ1n) is 3.43. The fraction of sp³-hybridized carbons (Fsp3) is 0. The summed E-state index contributed by atoms with van der Waals surface area (Å²) in [5, 5.41) is 1.09. The van der Waals surface area contributed by atoms with Crippen molar-refractivity contribution in [2.75, 3.05) is 0 Å². The van der Waals surface area contributed by atoms with Gasteiger partial charge in [0.1, 0.15) is 0 Å². The Morgan fingerprint density at radius 3 is 3.00 bits per heavy atom. The van der Waals surface area contributed by atoms with Crippen LogP contribution in [0.25, 0.3) is 10.9 Å². The molecule has 0 amide bonds. The molecule has 2 aromatic rings. The van der Waals surface area contributed by atoms with E-state index in [0.717, 1.165) is 10.9 Å². The zero-order valence-corrected chi connectivity index (χ0v) is 5.91. The van der Waals surface area contributed by atoms with Crippen molar-refractivity contribution in [3.8, 4) is 0 Å². The van der Waals surface area contributed by atoms with Crippen LogP contribution in [0.3, 0.4) is 0 Å². The molecule has 2 nitrogen and oxygen atoms in total. The first-order valence-corrected chi connectivity index (χ1v) is 3.43. The number of nitrogens with zero attached hydrogens (tertiary/aromatic N) is 1. The Bertz CT molecular complexity index is 382. The fourth-order valence-corrected chi connectivity index (χ4v) is 1.07. The van der Waals surface area contributed by atoms with Crippen LogP contribution < -0.4 is 5.73 Å². The summed E-state index contributed by atoms with van der Waals surface area (Å²) >= 11 is 0. The van der Waals surface area contributed by atoms with Crippen molar-refractivity contribution in [1.82, 2.24) is 10.7 Å². The standard InChI is InChI=1S/C9H7N2/c10-8-4-3-7-2-1-5-11-9(7)6-8/h1-6,10H. The SMILES string of the molecule is [NH]c1ccc2cccnc2c1. The molecular formula is C9H7N2. The molecule has 2 rings (SSSR count). The molecule has 0 saturated heterocycles. The molecule has 0 bridgehead atoms. The smallest absolute Gasteiger partial charge is 0.0723 e. The lowest BCUT2D eigenvalue weighted by molar-refractivity contribution is 1.40. The summed E-state index contributed by atoms with van der Waals surface area (Å²) in [7, 11) is 0. The van der Waals surface area contributed by atoms with Gasteiger partial charge < -0.3 is 5.73 Å². The van der Waals surface area contributed by atoms with E-state index in [1.165, 1.54) is 0 Å². The first-order chi connectivity index (χ1) is 5.36. The van der Waals surface area contributed by atoms with Crippen LogP contribution in [0.15, 0.2) is 36.5 Å². The number of rotatable bonds is 0. The second kappa shape index (κ2) is 2.23. The van der Waals surface area contributed by atoms with Gasteiger partial charge in [-0.05, 0) is 18.2 Å². The lowest BCUT2D eigenvalue weighted by Gasteiger charge is -1.95. The number of aromatic nitrogens is 1. The van der Waals surface area contributed by atoms with Crippen molar-refractivity contribution in [1.29, 1.82) is 0 Å². The van der Waals surface area contributed by atoms with E-state index in [4.69, 9.17) is 5.73 Å². The zero-order valence-electron chi connectivity index (χ0n) is 5.91. The van der Waals surface area contributed by atoms with Gasteiger partial charge >= 0.3 is 0 Å². The van der Waals surface area contributed by atoms with Gasteiger partial charge in [-0.3, -0.25) is 4.98 Å². The van der Waals surface area contributed by atoms with Gasteiger partial charge in [0.05, 0.1) is 11.2 Å². The van der Waals surface area contributed by atoms with E-state index in [2.05, 4.69) is 4.98 Å². The van der Waals surface area contributed by atoms with Gasteiger partial charge in [-0.25, -0.2) is 0 Å². The first kappa shape index (κ1) is 6.16. The lowest BCUT2D eigenvalue weighted by Crippen LogP contribution is -1.76. The van der Waals surface area contributed by atoms with Gasteiger partial charge in [0.25, 0.3) is 0 Å². The third-order valence-corrected chi connectivity index (χ3v) is 1.61. The molecule has 0 aliphatic carbocycles. The summed E-state index contributed by atoms with van der Waals surface area (Å²) in [6.07, 6.45) is 1.74. The van der Waals surface area contributed by atoms with Gasteiger partial charge in [0, 0.05) is 11.6 Å². The van der Waals surface area contributed by atoms with Crippen LogP contribution >= 0.6 is 0 Å². The predicted octanol–water partition coefficient (Wildman–Crippen LogP) is 2.15. The Morgan fingerprint density at radius 2 is 2.09 bits per heavy atom. The Morgan fingerprint density at radius 1 is 1.18 bits per heavy atom. The minimum Gasteiger partial charge on any atom is -0.301 e. The van der Waals surface area contributed by atoms with Crippen molar-refractivity contribution >= 4 is 16.6 Å². The highest BCUT2D eigenvalue weighted by molar-refractivity contribution is 5.80. The van der Waals surface area contributed by atoms with Crippen LogP contribution in [0.2, 0.25) is 0 Å². The molecular weight excluding hydrogens is 136 g/mol. The van der Waals surface area contributed by atoms with Crippen LogP contribution in [0, 0.1) is 0 Å². The maximum Gasteiger partial charge on any atom is 0.0723 e. The Labute approximate surface area is 64.7 Å². The van der Waals surface area contributed by atoms with Gasteiger partial charge in [-0.1, -0.05) is 12.1 Å². The van der Waals surface area contributed by atoms with E-state index in [0.29, 0.717) is 5.69 Å². The number of pyridine rings is 1. The minimum atomic E-state index is 0.510. The maximum absolute atomic E-state index is 7.34. The monoisotopic (exact) mass is 143 g/mol. The van der Waals surface area contributed by atoms with Gasteiger partial charge in [0.15, 0.2) is 0 Å². The summed E-state index contributed by atoms with van der Waals surface area (Å²) in [6.45, 7) is 0. The molecule has 0 saturated carbocycles. The molecule has 1 heterocycles. The molecule has 0 atom stereocenters. The predicted molar refractivity (Wildman–Crippen MR) is 44.5 cm³/mol. The molecule has 1 radical (unpaired) electrons. The number of hydrogen-bond acceptors (Lipinski definition) is 1. The topological polar surface area (TPSA) is 36.7 Å². The van der Waals surface area contributed by atoms with Crippen LogP contribution in [-0.2, 0) is 0 Å². The average Bonchev–Trinajstić information content (AvgIpc) is 2.04. The molecule has 1 aromatic carbocycles. The Kier molecular flexibility index (Phi) is 1.25. The lowest BCUT2D eigenvalue weighted by atomic mass is 10.2. The Hall–Kier alpha value is -1.57. The van der Waals surface area contributed by atoms with Crippen molar-refractivity contribution in [2.24, 2.45) is 0 Å². The summed E-state index contributed by atoms with van der Waals surface area (Å²) < 4.78 is 0. The van der Waals surface area contributed by atoms with Crippen molar-refractivity contribution in [2.45, 2.75) is 0 Å². The number of benzene rings is 1. The quantitative estimate of drug-likeness (QED) is 0.556. The normalized spacial score (nSPS) is 10.2. The molecule has 2 heteroatoms. The highest BCUT2D eigenvalue weighted by atomic mass is 14.7. The van der Waals surface area contributed by atoms with Crippen LogP contribution in [0.1, 0.15) is 0 Å². The van der Waals surface area contributed by atoms with Crippen molar-refractivity contribution in [3.63, 3.8) is 0 Å². The molecule has 0 spiro atoms. The summed E-state index contributed by atoms with van der Waals surface area (Å²) in [6, 6.07) is 9.32. The molecule has 0 unspecified atom stereocenters. The third kappa shape index (κ3) is 1.03. The van der Waals surface area contributed by atoms with Crippen molar-refractivity contribution in [3.05, 3.63) is 36.5 Å². The van der Waals surface area contributed by atoms with Crippen molar-refractivity contribution < 1.29 is 0 Å². The summed E-state index contributed by atoms with van der Waals surface area (Å²) in [5.74, 6) is 0. The molecule has 0 aliphatic rings. The van der Waals surface area contributed by atoms with Crippen LogP contribution in [0.5, 0.6) is 0 Å². The number of fused-ring (bicyclic) bond motifs is 1. The second-order valence-corrected chi connectivity index (χ2v) is 2.41. The molecule has 0 aliphatic heterocycles. The highest BCUT2D eigenvalue weighted by Crippen LogP contribution is 2.14. The van der Waals surface area contributed by atoms with E-state index >= 15 is 0 Å². The van der Waals surface area contributed by atoms with E-state index in [1.54, 1.807) is 18.3 Å². The largest absolute Gasteiger partial charge is 0.301 e. The van der Waals surface area contributed by atoms with E-state index in [9.17, 15) is 0 Å². The van der Waals surface area contributed by atoms with Gasteiger partial charge in [-0.15, -0.1) is 0 Å². The van der Waals surface area contributed by atoms with Crippen LogP contribution in [-0.4, -0.2) is 4.98 Å². The second-order valence-electron chi connectivity index (χ2n) is 2.41. The summed E-state index contributed by atoms with van der Waals surface area (Å²) in [5.41, 5.74) is 8.74. The number of nitrogens with one attached hydrogen (secondary N) is 1. The van der Waals surface area contributed by atoms with Gasteiger partial charge in [0.2, 0.25) is 0 Å². The number of hydrogen-bond donors (Lipinski definition) is 0. The molecule has 11 heavy (non-hydrogen) atoms. The van der Waals surface area contributed by atoms with E-state index < -0.39 is 0 Å². The van der Waals surface area contributed by atoms with Gasteiger partial charge in [-0.2, -0.15) is 0 Å². The fourth-order valence-electron chi connectivity index (χ4n) is 1.07. The maximum atomic E-state index is 7.34. The molecule has 1 N–H and O–H groups in total. The molecule has 1 aromatic heterocycles. The molecule has 53 valence electrons. The third-order valence-electron chi connectivity index (χ3n) is 1.61. The Balaban J connectivity index is 2.83. The zero-order chi connectivity index (χ0) is 7.68. The highest BCUT2D eigenvalue weighted by Gasteiger charge is 1.91.